The van der Waals surface area contributed by atoms with E-state index in [0.717, 1.165) is 29.6 Å². The highest BCUT2D eigenvalue weighted by Crippen LogP contribution is 2.27. The molecule has 1 aromatic heterocycles. The SMILES string of the molecule is N#C[C@@H]1CCCN1C(=O)[C@@H]1CSCN1C(=O)CCc1cc2ccccc2o1. The van der Waals surface area contributed by atoms with Crippen LogP contribution in [0, 0.1) is 11.3 Å². The van der Waals surface area contributed by atoms with Gasteiger partial charge in [-0.1, -0.05) is 18.2 Å². The van der Waals surface area contributed by atoms with Gasteiger partial charge in [-0.3, -0.25) is 9.59 Å². The maximum absolute atomic E-state index is 12.9. The van der Waals surface area contributed by atoms with Crippen molar-refractivity contribution < 1.29 is 14.0 Å². The molecule has 0 N–H and O–H groups in total. The van der Waals surface area contributed by atoms with Gasteiger partial charge < -0.3 is 14.2 Å². The molecule has 2 amide bonds. The van der Waals surface area contributed by atoms with Gasteiger partial charge in [0.25, 0.3) is 0 Å². The highest BCUT2D eigenvalue weighted by atomic mass is 32.2. The minimum atomic E-state index is -0.452. The van der Waals surface area contributed by atoms with Crippen LogP contribution >= 0.6 is 11.8 Å². The van der Waals surface area contributed by atoms with Crippen molar-refractivity contribution in [3.05, 3.63) is 36.1 Å². The van der Waals surface area contributed by atoms with Crippen LogP contribution in [-0.2, 0) is 16.0 Å². The Kier molecular flexibility index (Phi) is 5.08. The van der Waals surface area contributed by atoms with Gasteiger partial charge in [0.15, 0.2) is 0 Å². The molecule has 140 valence electrons. The van der Waals surface area contributed by atoms with Gasteiger partial charge in [-0.2, -0.15) is 5.26 Å². The number of furan rings is 1. The van der Waals surface area contributed by atoms with Crippen molar-refractivity contribution in [2.24, 2.45) is 0 Å². The Morgan fingerprint density at radius 1 is 1.30 bits per heavy atom. The Bertz CT molecular complexity index is 870. The minimum Gasteiger partial charge on any atom is -0.461 e. The summed E-state index contributed by atoms with van der Waals surface area (Å²) in [4.78, 5) is 28.9. The Hall–Kier alpha value is -2.46. The lowest BCUT2D eigenvalue weighted by Gasteiger charge is -2.28. The zero-order valence-electron chi connectivity index (χ0n) is 15.0. The summed E-state index contributed by atoms with van der Waals surface area (Å²) in [5, 5.41) is 10.3. The zero-order valence-corrected chi connectivity index (χ0v) is 15.8. The monoisotopic (exact) mass is 383 g/mol. The van der Waals surface area contributed by atoms with E-state index in [1.165, 1.54) is 0 Å². The van der Waals surface area contributed by atoms with E-state index in [1.54, 1.807) is 21.6 Å². The van der Waals surface area contributed by atoms with E-state index in [2.05, 4.69) is 6.07 Å². The number of rotatable bonds is 4. The summed E-state index contributed by atoms with van der Waals surface area (Å²) in [6.07, 6.45) is 2.40. The molecule has 2 aromatic rings. The Labute approximate surface area is 162 Å². The average molecular weight is 383 g/mol. The summed E-state index contributed by atoms with van der Waals surface area (Å²) in [5.41, 5.74) is 0.821. The molecule has 0 radical (unpaired) electrons. The number of nitriles is 1. The van der Waals surface area contributed by atoms with E-state index in [4.69, 9.17) is 4.42 Å². The van der Waals surface area contributed by atoms with Crippen LogP contribution in [0.2, 0.25) is 0 Å². The molecule has 2 atom stereocenters. The van der Waals surface area contributed by atoms with Crippen molar-refractivity contribution in [1.82, 2.24) is 9.80 Å². The third-order valence-corrected chi connectivity index (χ3v) is 6.25. The fraction of sp³-hybridized carbons (Fsp3) is 0.450. The molecule has 3 heterocycles. The molecule has 27 heavy (non-hydrogen) atoms. The lowest BCUT2D eigenvalue weighted by atomic mass is 10.1. The maximum atomic E-state index is 12.9. The third-order valence-electron chi connectivity index (χ3n) is 5.23. The second kappa shape index (κ2) is 7.65. The smallest absolute Gasteiger partial charge is 0.247 e. The van der Waals surface area contributed by atoms with Gasteiger partial charge in [0.1, 0.15) is 23.4 Å². The number of likely N-dealkylation sites (tertiary alicyclic amines) is 1. The quantitative estimate of drug-likeness (QED) is 0.811. The number of fused-ring (bicyclic) bond motifs is 1. The molecule has 4 rings (SSSR count). The van der Waals surface area contributed by atoms with Crippen LogP contribution in [0.5, 0.6) is 0 Å². The topological polar surface area (TPSA) is 77.5 Å². The van der Waals surface area contributed by atoms with Crippen molar-refractivity contribution in [1.29, 1.82) is 5.26 Å². The van der Waals surface area contributed by atoms with Gasteiger partial charge in [-0.15, -0.1) is 11.8 Å². The predicted molar refractivity (Wildman–Crippen MR) is 103 cm³/mol. The van der Waals surface area contributed by atoms with Crippen LogP contribution in [0.25, 0.3) is 11.0 Å². The number of hydrogen-bond donors (Lipinski definition) is 0. The number of hydrogen-bond acceptors (Lipinski definition) is 5. The molecule has 7 heteroatoms. The van der Waals surface area contributed by atoms with Gasteiger partial charge in [-0.05, 0) is 25.0 Å². The maximum Gasteiger partial charge on any atom is 0.247 e. The summed E-state index contributed by atoms with van der Waals surface area (Å²) in [5.74, 6) is 1.79. The van der Waals surface area contributed by atoms with Crippen molar-refractivity contribution in [2.45, 2.75) is 37.8 Å². The molecule has 0 bridgehead atoms. The van der Waals surface area contributed by atoms with Crippen molar-refractivity contribution in [3.8, 4) is 6.07 Å². The van der Waals surface area contributed by atoms with E-state index < -0.39 is 6.04 Å². The number of carbonyl (C=O) groups is 2. The normalized spacial score (nSPS) is 22.3. The predicted octanol–water partition coefficient (Wildman–Crippen LogP) is 2.78. The van der Waals surface area contributed by atoms with Gasteiger partial charge in [0.05, 0.1) is 11.9 Å². The van der Waals surface area contributed by atoms with Gasteiger partial charge >= 0.3 is 0 Å². The fourth-order valence-corrected chi connectivity index (χ4v) is 4.95. The van der Waals surface area contributed by atoms with Gasteiger partial charge in [0.2, 0.25) is 11.8 Å². The highest BCUT2D eigenvalue weighted by Gasteiger charge is 2.40. The van der Waals surface area contributed by atoms with Crippen LogP contribution in [0.1, 0.15) is 25.0 Å². The number of thioether (sulfide) groups is 1. The van der Waals surface area contributed by atoms with Crippen molar-refractivity contribution in [3.63, 3.8) is 0 Å². The number of benzene rings is 1. The first-order chi connectivity index (χ1) is 13.2. The second-order valence-electron chi connectivity index (χ2n) is 6.95. The molecule has 2 aliphatic rings. The van der Waals surface area contributed by atoms with Crippen LogP contribution in [0.3, 0.4) is 0 Å². The van der Waals surface area contributed by atoms with E-state index in [9.17, 15) is 14.9 Å². The molecule has 6 nitrogen and oxygen atoms in total. The summed E-state index contributed by atoms with van der Waals surface area (Å²) >= 11 is 1.59. The lowest BCUT2D eigenvalue weighted by Crippen LogP contribution is -2.50. The molecular weight excluding hydrogens is 362 g/mol. The molecule has 2 saturated heterocycles. The van der Waals surface area contributed by atoms with Crippen LogP contribution in [-0.4, -0.2) is 51.9 Å². The van der Waals surface area contributed by atoms with Gasteiger partial charge in [-0.25, -0.2) is 0 Å². The first-order valence-electron chi connectivity index (χ1n) is 9.22. The number of amides is 2. The molecule has 1 aromatic carbocycles. The number of nitrogens with zero attached hydrogens (tertiary/aromatic N) is 3. The fourth-order valence-electron chi connectivity index (χ4n) is 3.78. The Morgan fingerprint density at radius 3 is 2.96 bits per heavy atom. The number of carbonyl (C=O) groups excluding carboxylic acids is 2. The lowest BCUT2D eigenvalue weighted by molar-refractivity contribution is -0.143. The summed E-state index contributed by atoms with van der Waals surface area (Å²) < 4.78 is 5.78. The standard InChI is InChI=1S/C20H21N3O3S/c21-11-15-5-3-9-22(15)20(25)17-12-27-13-23(17)19(24)8-7-16-10-14-4-1-2-6-18(14)26-16/h1-2,4,6,10,15,17H,3,5,7-9,12-13H2/t15-,17-/m0/s1. The largest absolute Gasteiger partial charge is 0.461 e. The molecule has 2 fully saturated rings. The number of aryl methyl sites for hydroxylation is 1. The van der Waals surface area contributed by atoms with E-state index in [0.29, 0.717) is 31.0 Å². The van der Waals surface area contributed by atoms with Gasteiger partial charge in [0, 0.05) is 30.5 Å². The molecular formula is C20H21N3O3S. The average Bonchev–Trinajstić information content (AvgIpc) is 3.43. The van der Waals surface area contributed by atoms with Crippen LogP contribution in [0.15, 0.2) is 34.7 Å². The molecule has 0 saturated carbocycles. The molecule has 0 aliphatic carbocycles. The van der Waals surface area contributed by atoms with Crippen molar-refractivity contribution in [2.75, 3.05) is 18.2 Å². The minimum absolute atomic E-state index is 0.0356. The Morgan fingerprint density at radius 2 is 2.15 bits per heavy atom. The Balaban J connectivity index is 1.40. The first kappa shape index (κ1) is 17.9. The second-order valence-corrected chi connectivity index (χ2v) is 7.95. The summed E-state index contributed by atoms with van der Waals surface area (Å²) in [6, 6.07) is 11.1. The van der Waals surface area contributed by atoms with Crippen molar-refractivity contribution >= 4 is 34.5 Å². The molecule has 0 spiro atoms. The first-order valence-corrected chi connectivity index (χ1v) is 10.4. The van der Waals surface area contributed by atoms with Crippen LogP contribution < -0.4 is 0 Å². The highest BCUT2D eigenvalue weighted by molar-refractivity contribution is 7.99. The summed E-state index contributed by atoms with van der Waals surface area (Å²) in [6.45, 7) is 0.610. The van der Waals surface area contributed by atoms with Crippen LogP contribution in [0.4, 0.5) is 0 Å². The molecule has 0 unspecified atom stereocenters. The zero-order chi connectivity index (χ0) is 18.8. The van der Waals surface area contributed by atoms with E-state index in [1.807, 2.05) is 30.3 Å². The summed E-state index contributed by atoms with van der Waals surface area (Å²) in [7, 11) is 0. The van der Waals surface area contributed by atoms with E-state index >= 15 is 0 Å². The van der Waals surface area contributed by atoms with E-state index in [-0.39, 0.29) is 17.9 Å². The molecule has 2 aliphatic heterocycles. The number of para-hydroxylation sites is 1. The third kappa shape index (κ3) is 3.54.